The van der Waals surface area contributed by atoms with Crippen LogP contribution < -0.4 is 0 Å². The highest BCUT2D eigenvalue weighted by Gasteiger charge is 2.44. The number of hydrogen-bond donors (Lipinski definition) is 0. The lowest BCUT2D eigenvalue weighted by atomic mass is 10.3. The molecule has 0 unspecified atom stereocenters. The Morgan fingerprint density at radius 3 is 1.89 bits per heavy atom. The lowest BCUT2D eigenvalue weighted by molar-refractivity contribution is 0.265. The Morgan fingerprint density at radius 1 is 1.06 bits per heavy atom. The molecule has 0 fully saturated rings. The molecule has 0 radical (unpaired) electrons. The van der Waals surface area contributed by atoms with E-state index in [0.717, 1.165) is 11.3 Å². The van der Waals surface area contributed by atoms with E-state index in [1.807, 2.05) is 13.2 Å². The molecular weight excluding hydrogens is 240 g/mol. The van der Waals surface area contributed by atoms with Crippen molar-refractivity contribution in [2.24, 2.45) is 0 Å². The average Bonchev–Trinajstić information content (AvgIpc) is 2.63. The Labute approximate surface area is 113 Å². The smallest absolute Gasteiger partial charge is 0.200 e. The fraction of sp³-hybridized carbons (Fsp3) is 0.733. The predicted octanol–water partition coefficient (Wildman–Crippen LogP) is 5.28. The van der Waals surface area contributed by atoms with Crippen molar-refractivity contribution in [2.75, 3.05) is 0 Å². The Morgan fingerprint density at radius 2 is 1.56 bits per heavy atom. The molecule has 0 amide bonds. The zero-order valence-electron chi connectivity index (χ0n) is 12.9. The summed E-state index contributed by atoms with van der Waals surface area (Å²) < 4.78 is 11.8. The van der Waals surface area contributed by atoms with Crippen molar-refractivity contribution < 1.29 is 8.84 Å². The second-order valence-corrected chi connectivity index (χ2v) is 11.6. The van der Waals surface area contributed by atoms with Crippen LogP contribution in [0.4, 0.5) is 0 Å². The largest absolute Gasteiger partial charge is 0.469 e. The zero-order chi connectivity index (χ0) is 13.9. The van der Waals surface area contributed by atoms with Crippen LogP contribution in [0, 0.1) is 6.92 Å². The van der Waals surface area contributed by atoms with Crippen molar-refractivity contribution in [1.29, 1.82) is 0 Å². The molecule has 0 saturated carbocycles. The van der Waals surface area contributed by atoms with E-state index in [2.05, 4.69) is 47.6 Å². The molecule has 0 saturated heterocycles. The van der Waals surface area contributed by atoms with Crippen LogP contribution in [0.1, 0.15) is 52.9 Å². The first-order valence-corrected chi connectivity index (χ1v) is 9.12. The molecule has 0 spiro atoms. The summed E-state index contributed by atoms with van der Waals surface area (Å²) in [5.41, 5.74) is 3.05. The van der Waals surface area contributed by atoms with Crippen molar-refractivity contribution in [2.45, 2.75) is 71.7 Å². The molecule has 0 N–H and O–H groups in total. The van der Waals surface area contributed by atoms with Crippen LogP contribution >= 0.6 is 0 Å². The van der Waals surface area contributed by atoms with Crippen molar-refractivity contribution in [1.82, 2.24) is 0 Å². The van der Waals surface area contributed by atoms with Crippen LogP contribution in [0.5, 0.6) is 0 Å². The summed E-state index contributed by atoms with van der Waals surface area (Å²) in [7, 11) is -1.74. The standard InChI is InChI=1S/C15H28O2Si/c1-11(2)18(12(3)4,13(5)6)17-10-15-8-14(7)16-9-15/h8-9,11-13H,10H2,1-7H3. The van der Waals surface area contributed by atoms with E-state index in [4.69, 9.17) is 8.84 Å². The third-order valence-corrected chi connectivity index (χ3v) is 10.0. The Bertz CT molecular complexity index is 345. The molecule has 0 aliphatic rings. The molecule has 1 heterocycles. The molecular formula is C15H28O2Si. The van der Waals surface area contributed by atoms with Gasteiger partial charge in [0, 0.05) is 5.56 Å². The number of rotatable bonds is 6. The Hall–Kier alpha value is -0.543. The van der Waals surface area contributed by atoms with Crippen molar-refractivity contribution in [3.05, 3.63) is 23.7 Å². The fourth-order valence-electron chi connectivity index (χ4n) is 3.28. The summed E-state index contributed by atoms with van der Waals surface area (Å²) in [4.78, 5) is 0. The SMILES string of the molecule is Cc1cc(CO[Si](C(C)C)(C(C)C)C(C)C)co1. The van der Waals surface area contributed by atoms with Crippen molar-refractivity contribution in [3.8, 4) is 0 Å². The van der Waals surface area contributed by atoms with E-state index in [1.54, 1.807) is 0 Å². The first-order chi connectivity index (χ1) is 8.30. The van der Waals surface area contributed by atoms with Gasteiger partial charge in [0.2, 0.25) is 8.32 Å². The van der Waals surface area contributed by atoms with Gasteiger partial charge in [-0.25, -0.2) is 0 Å². The monoisotopic (exact) mass is 268 g/mol. The molecule has 18 heavy (non-hydrogen) atoms. The quantitative estimate of drug-likeness (QED) is 0.655. The molecule has 3 heteroatoms. The normalized spacial score (nSPS) is 13.0. The maximum absolute atomic E-state index is 6.49. The van der Waals surface area contributed by atoms with Crippen LogP contribution in [0.15, 0.2) is 16.7 Å². The first kappa shape index (κ1) is 15.5. The summed E-state index contributed by atoms with van der Waals surface area (Å²) in [6, 6.07) is 2.07. The van der Waals surface area contributed by atoms with Gasteiger partial charge >= 0.3 is 0 Å². The van der Waals surface area contributed by atoms with Crippen LogP contribution in [0.2, 0.25) is 16.6 Å². The summed E-state index contributed by atoms with van der Waals surface area (Å²) in [5, 5.41) is 0. The van der Waals surface area contributed by atoms with E-state index >= 15 is 0 Å². The van der Waals surface area contributed by atoms with Gasteiger partial charge in [0.25, 0.3) is 0 Å². The van der Waals surface area contributed by atoms with Crippen molar-refractivity contribution >= 4 is 8.32 Å². The minimum atomic E-state index is -1.74. The van der Waals surface area contributed by atoms with Crippen LogP contribution in [0.3, 0.4) is 0 Å². The molecule has 0 aliphatic heterocycles. The lowest BCUT2D eigenvalue weighted by Crippen LogP contribution is -2.47. The molecule has 0 aromatic carbocycles. The van der Waals surface area contributed by atoms with Gasteiger partial charge in [-0.3, -0.25) is 0 Å². The lowest BCUT2D eigenvalue weighted by Gasteiger charge is -2.42. The van der Waals surface area contributed by atoms with Gasteiger partial charge < -0.3 is 8.84 Å². The van der Waals surface area contributed by atoms with Gasteiger partial charge in [0.05, 0.1) is 12.9 Å². The van der Waals surface area contributed by atoms with Crippen molar-refractivity contribution in [3.63, 3.8) is 0 Å². The number of furan rings is 1. The highest BCUT2D eigenvalue weighted by molar-refractivity contribution is 6.77. The van der Waals surface area contributed by atoms with Gasteiger partial charge in [0.1, 0.15) is 5.76 Å². The zero-order valence-corrected chi connectivity index (χ0v) is 13.9. The predicted molar refractivity (Wildman–Crippen MR) is 79.3 cm³/mol. The van der Waals surface area contributed by atoms with Gasteiger partial charge in [-0.2, -0.15) is 0 Å². The van der Waals surface area contributed by atoms with E-state index in [1.165, 1.54) is 0 Å². The molecule has 1 aromatic rings. The topological polar surface area (TPSA) is 22.4 Å². The molecule has 2 nitrogen and oxygen atoms in total. The molecule has 0 aliphatic carbocycles. The molecule has 1 aromatic heterocycles. The van der Waals surface area contributed by atoms with Gasteiger partial charge in [-0.15, -0.1) is 0 Å². The average molecular weight is 268 g/mol. The Kier molecular flexibility index (Phi) is 5.23. The highest BCUT2D eigenvalue weighted by Crippen LogP contribution is 2.42. The third-order valence-electron chi connectivity index (χ3n) is 3.98. The third kappa shape index (κ3) is 3.07. The van der Waals surface area contributed by atoms with E-state index < -0.39 is 8.32 Å². The Balaban J connectivity index is 2.85. The van der Waals surface area contributed by atoms with Crippen LogP contribution in [-0.2, 0) is 11.0 Å². The summed E-state index contributed by atoms with van der Waals surface area (Å²) in [5.74, 6) is 0.958. The first-order valence-electron chi connectivity index (χ1n) is 6.98. The minimum Gasteiger partial charge on any atom is -0.469 e. The molecule has 104 valence electrons. The van der Waals surface area contributed by atoms with Gasteiger partial charge in [-0.05, 0) is 29.6 Å². The second-order valence-electron chi connectivity index (χ2n) is 6.17. The van der Waals surface area contributed by atoms with E-state index in [-0.39, 0.29) is 0 Å². The fourth-order valence-corrected chi connectivity index (χ4v) is 8.70. The minimum absolute atomic E-state index is 0.630. The van der Waals surface area contributed by atoms with E-state index in [0.29, 0.717) is 23.2 Å². The molecule has 0 bridgehead atoms. The summed E-state index contributed by atoms with van der Waals surface area (Å²) in [6.07, 6.45) is 1.81. The molecule has 1 rings (SSSR count). The maximum atomic E-state index is 6.49. The molecule has 0 atom stereocenters. The summed E-state index contributed by atoms with van der Waals surface area (Å²) in [6.45, 7) is 16.5. The highest BCUT2D eigenvalue weighted by atomic mass is 28.4. The number of hydrogen-bond acceptors (Lipinski definition) is 2. The maximum Gasteiger partial charge on any atom is 0.200 e. The van der Waals surface area contributed by atoms with Gasteiger partial charge in [-0.1, -0.05) is 41.5 Å². The summed E-state index contributed by atoms with van der Waals surface area (Å²) >= 11 is 0. The van der Waals surface area contributed by atoms with Crippen LogP contribution in [-0.4, -0.2) is 8.32 Å². The second kappa shape index (κ2) is 6.07. The number of aryl methyl sites for hydroxylation is 1. The van der Waals surface area contributed by atoms with E-state index in [9.17, 15) is 0 Å². The van der Waals surface area contributed by atoms with Gasteiger partial charge in [0.15, 0.2) is 0 Å². The van der Waals surface area contributed by atoms with Crippen LogP contribution in [0.25, 0.3) is 0 Å².